The summed E-state index contributed by atoms with van der Waals surface area (Å²) in [4.78, 5) is 3.42. The molecular weight excluding hydrogens is 348 g/mol. The number of hydrogen-bond donors (Lipinski definition) is 1. The molecule has 0 bridgehead atoms. The first-order valence-corrected chi connectivity index (χ1v) is 9.06. The molecule has 0 spiro atoms. The smallest absolute Gasteiger partial charge is 0.174 e. The molecule has 0 saturated carbocycles. The Morgan fingerprint density at radius 2 is 2.17 bits per heavy atom. The molecule has 0 fully saturated rings. The van der Waals surface area contributed by atoms with E-state index < -0.39 is 0 Å². The Kier molecular flexibility index (Phi) is 6.84. The summed E-state index contributed by atoms with van der Waals surface area (Å²) in [6.07, 6.45) is 0. The second kappa shape index (κ2) is 8.64. The molecule has 2 aromatic rings. The monoisotopic (exact) mass is 368 g/mol. The SMILES string of the molecule is COCCN(C(=S)Nc1cccc(Cl)c1C)[C@@H](C)c1cccs1. The average Bonchev–Trinajstić information content (AvgIpc) is 3.06. The molecule has 2 rings (SSSR count). The predicted octanol–water partition coefficient (Wildman–Crippen LogP) is 5.12. The lowest BCUT2D eigenvalue weighted by molar-refractivity contribution is 0.166. The molecule has 23 heavy (non-hydrogen) atoms. The Morgan fingerprint density at radius 3 is 2.83 bits per heavy atom. The highest BCUT2D eigenvalue weighted by Gasteiger charge is 2.20. The van der Waals surface area contributed by atoms with Gasteiger partial charge in [0.15, 0.2) is 5.11 Å². The number of anilines is 1. The van der Waals surface area contributed by atoms with Gasteiger partial charge in [0.1, 0.15) is 0 Å². The van der Waals surface area contributed by atoms with Crippen LogP contribution in [0.2, 0.25) is 5.02 Å². The van der Waals surface area contributed by atoms with Crippen molar-refractivity contribution in [2.75, 3.05) is 25.6 Å². The third-order valence-electron chi connectivity index (χ3n) is 3.73. The lowest BCUT2D eigenvalue weighted by Crippen LogP contribution is -2.39. The summed E-state index contributed by atoms with van der Waals surface area (Å²) < 4.78 is 5.24. The molecule has 0 aliphatic heterocycles. The third-order valence-corrected chi connectivity index (χ3v) is 5.52. The maximum Gasteiger partial charge on any atom is 0.174 e. The van der Waals surface area contributed by atoms with Crippen LogP contribution in [0.1, 0.15) is 23.4 Å². The fourth-order valence-corrected chi connectivity index (χ4v) is 3.60. The molecule has 6 heteroatoms. The van der Waals surface area contributed by atoms with E-state index in [2.05, 4.69) is 34.7 Å². The highest BCUT2D eigenvalue weighted by atomic mass is 35.5. The maximum absolute atomic E-state index is 6.19. The fourth-order valence-electron chi connectivity index (χ4n) is 2.27. The van der Waals surface area contributed by atoms with Crippen LogP contribution in [0.15, 0.2) is 35.7 Å². The Labute approximate surface area is 152 Å². The number of nitrogens with one attached hydrogen (secondary N) is 1. The van der Waals surface area contributed by atoms with Gasteiger partial charge >= 0.3 is 0 Å². The number of rotatable bonds is 6. The standard InChI is InChI=1S/C17H21ClN2OS2/c1-12-14(18)6-4-7-15(12)19-17(22)20(9-10-21-3)13(2)16-8-5-11-23-16/h4-8,11,13H,9-10H2,1-3H3,(H,19,22)/t13-/m0/s1. The molecule has 1 aromatic carbocycles. The summed E-state index contributed by atoms with van der Waals surface area (Å²) in [5.74, 6) is 0. The molecule has 1 atom stereocenters. The van der Waals surface area contributed by atoms with Gasteiger partial charge in [-0.2, -0.15) is 0 Å². The van der Waals surface area contributed by atoms with Crippen molar-refractivity contribution in [1.29, 1.82) is 0 Å². The van der Waals surface area contributed by atoms with Gasteiger partial charge in [0.25, 0.3) is 0 Å². The largest absolute Gasteiger partial charge is 0.383 e. The molecular formula is C17H21ClN2OS2. The minimum Gasteiger partial charge on any atom is -0.383 e. The first kappa shape index (κ1) is 18.2. The Hall–Kier alpha value is -1.14. The Balaban J connectivity index is 2.17. The van der Waals surface area contributed by atoms with Gasteiger partial charge in [-0.15, -0.1) is 11.3 Å². The van der Waals surface area contributed by atoms with Gasteiger partial charge in [0.05, 0.1) is 12.6 Å². The van der Waals surface area contributed by atoms with E-state index in [0.717, 1.165) is 22.8 Å². The first-order chi connectivity index (χ1) is 11.0. The van der Waals surface area contributed by atoms with E-state index in [0.29, 0.717) is 11.7 Å². The quantitative estimate of drug-likeness (QED) is 0.715. The average molecular weight is 369 g/mol. The molecule has 0 amide bonds. The van der Waals surface area contributed by atoms with Gasteiger partial charge in [0, 0.05) is 29.2 Å². The highest BCUT2D eigenvalue weighted by Crippen LogP contribution is 2.27. The van der Waals surface area contributed by atoms with Crippen LogP contribution in [0.4, 0.5) is 5.69 Å². The van der Waals surface area contributed by atoms with Gasteiger partial charge in [-0.1, -0.05) is 23.7 Å². The Morgan fingerprint density at radius 1 is 1.39 bits per heavy atom. The number of nitrogens with zero attached hydrogens (tertiary/aromatic N) is 1. The van der Waals surface area contributed by atoms with E-state index in [9.17, 15) is 0 Å². The second-order valence-electron chi connectivity index (χ2n) is 5.22. The molecule has 1 heterocycles. The van der Waals surface area contributed by atoms with Crippen LogP contribution >= 0.6 is 35.2 Å². The van der Waals surface area contributed by atoms with E-state index in [1.54, 1.807) is 18.4 Å². The molecule has 0 aliphatic carbocycles. The van der Waals surface area contributed by atoms with Crippen molar-refractivity contribution in [3.8, 4) is 0 Å². The highest BCUT2D eigenvalue weighted by molar-refractivity contribution is 7.80. The van der Waals surface area contributed by atoms with E-state index in [1.807, 2.05) is 25.1 Å². The summed E-state index contributed by atoms with van der Waals surface area (Å²) in [6, 6.07) is 10.2. The molecule has 0 radical (unpaired) electrons. The number of thiocarbonyl (C=S) groups is 1. The zero-order chi connectivity index (χ0) is 16.8. The number of halogens is 1. The predicted molar refractivity (Wildman–Crippen MR) is 104 cm³/mol. The van der Waals surface area contributed by atoms with Crippen molar-refractivity contribution in [3.63, 3.8) is 0 Å². The van der Waals surface area contributed by atoms with E-state index in [1.165, 1.54) is 4.88 Å². The summed E-state index contributed by atoms with van der Waals surface area (Å²) in [5.41, 5.74) is 1.93. The van der Waals surface area contributed by atoms with Gasteiger partial charge in [-0.3, -0.25) is 0 Å². The molecule has 3 nitrogen and oxygen atoms in total. The zero-order valence-electron chi connectivity index (χ0n) is 13.5. The van der Waals surface area contributed by atoms with Crippen molar-refractivity contribution in [1.82, 2.24) is 4.90 Å². The van der Waals surface area contributed by atoms with Crippen LogP contribution in [0, 0.1) is 6.92 Å². The van der Waals surface area contributed by atoms with Crippen molar-refractivity contribution in [3.05, 3.63) is 51.2 Å². The third kappa shape index (κ3) is 4.67. The van der Waals surface area contributed by atoms with Crippen LogP contribution < -0.4 is 5.32 Å². The summed E-state index contributed by atoms with van der Waals surface area (Å²) in [5, 5.41) is 6.81. The Bertz CT molecular complexity index is 646. The van der Waals surface area contributed by atoms with Crippen LogP contribution in [0.25, 0.3) is 0 Å². The number of thiophene rings is 1. The fraction of sp³-hybridized carbons (Fsp3) is 0.353. The van der Waals surface area contributed by atoms with Crippen LogP contribution in [0.5, 0.6) is 0 Å². The van der Waals surface area contributed by atoms with E-state index >= 15 is 0 Å². The lowest BCUT2D eigenvalue weighted by Gasteiger charge is -2.31. The minimum absolute atomic E-state index is 0.185. The topological polar surface area (TPSA) is 24.5 Å². The van der Waals surface area contributed by atoms with Crippen molar-refractivity contribution < 1.29 is 4.74 Å². The van der Waals surface area contributed by atoms with Gasteiger partial charge in [-0.25, -0.2) is 0 Å². The molecule has 1 N–H and O–H groups in total. The summed E-state index contributed by atoms with van der Waals surface area (Å²) >= 11 is 13.6. The van der Waals surface area contributed by atoms with E-state index in [4.69, 9.17) is 28.6 Å². The summed E-state index contributed by atoms with van der Waals surface area (Å²) in [7, 11) is 1.70. The van der Waals surface area contributed by atoms with Crippen molar-refractivity contribution >= 4 is 46.0 Å². The van der Waals surface area contributed by atoms with Crippen LogP contribution in [0.3, 0.4) is 0 Å². The number of ether oxygens (including phenoxy) is 1. The number of hydrogen-bond acceptors (Lipinski definition) is 3. The van der Waals surface area contributed by atoms with Crippen molar-refractivity contribution in [2.45, 2.75) is 19.9 Å². The zero-order valence-corrected chi connectivity index (χ0v) is 15.9. The van der Waals surface area contributed by atoms with Gasteiger partial charge in [0.2, 0.25) is 0 Å². The number of benzene rings is 1. The molecule has 1 aromatic heterocycles. The maximum atomic E-state index is 6.19. The first-order valence-electron chi connectivity index (χ1n) is 7.39. The lowest BCUT2D eigenvalue weighted by atomic mass is 10.2. The normalized spacial score (nSPS) is 12.0. The van der Waals surface area contributed by atoms with Gasteiger partial charge in [-0.05, 0) is 55.2 Å². The molecule has 0 aliphatic rings. The van der Waals surface area contributed by atoms with E-state index in [-0.39, 0.29) is 6.04 Å². The van der Waals surface area contributed by atoms with Crippen LogP contribution in [-0.4, -0.2) is 30.3 Å². The molecule has 0 saturated heterocycles. The van der Waals surface area contributed by atoms with Crippen LogP contribution in [-0.2, 0) is 4.74 Å². The number of methoxy groups -OCH3 is 1. The van der Waals surface area contributed by atoms with Crippen molar-refractivity contribution in [2.24, 2.45) is 0 Å². The molecule has 124 valence electrons. The summed E-state index contributed by atoms with van der Waals surface area (Å²) in [6.45, 7) is 5.48. The second-order valence-corrected chi connectivity index (χ2v) is 6.99. The van der Waals surface area contributed by atoms with Gasteiger partial charge < -0.3 is 15.0 Å². The minimum atomic E-state index is 0.185. The molecule has 0 unspecified atom stereocenters.